The molecule has 5 heteroatoms. The van der Waals surface area contributed by atoms with Crippen LogP contribution in [0.15, 0.2) is 71.9 Å². The first-order valence-electron chi connectivity index (χ1n) is 8.07. The monoisotopic (exact) mass is 346 g/mol. The zero-order chi connectivity index (χ0) is 18.1. The molecular formula is C21H15FN2O2. The Kier molecular flexibility index (Phi) is 3.97. The van der Waals surface area contributed by atoms with Gasteiger partial charge < -0.3 is 9.72 Å². The highest BCUT2D eigenvalue weighted by atomic mass is 19.1. The lowest BCUT2D eigenvalue weighted by Gasteiger charge is -2.12. The summed E-state index contributed by atoms with van der Waals surface area (Å²) in [6.45, 7) is 0. The molecule has 4 nitrogen and oxygen atoms in total. The molecule has 0 bridgehead atoms. The van der Waals surface area contributed by atoms with Gasteiger partial charge >= 0.3 is 0 Å². The molecule has 0 saturated heterocycles. The van der Waals surface area contributed by atoms with Gasteiger partial charge in [-0.15, -0.1) is 0 Å². The van der Waals surface area contributed by atoms with Gasteiger partial charge in [0.15, 0.2) is 0 Å². The summed E-state index contributed by atoms with van der Waals surface area (Å²) in [5.74, 6) is 0.0714. The van der Waals surface area contributed by atoms with E-state index >= 15 is 0 Å². The number of H-pyrrole nitrogens is 1. The van der Waals surface area contributed by atoms with E-state index in [1.807, 2.05) is 30.3 Å². The Labute approximate surface area is 148 Å². The lowest BCUT2D eigenvalue weighted by atomic mass is 9.97. The molecule has 2 heterocycles. The van der Waals surface area contributed by atoms with E-state index in [1.54, 1.807) is 31.6 Å². The number of aromatic amines is 1. The van der Waals surface area contributed by atoms with Crippen LogP contribution in [-0.2, 0) is 0 Å². The van der Waals surface area contributed by atoms with Crippen molar-refractivity contribution < 1.29 is 9.13 Å². The van der Waals surface area contributed by atoms with E-state index in [-0.39, 0.29) is 5.39 Å². The van der Waals surface area contributed by atoms with Crippen molar-refractivity contribution in [3.8, 4) is 28.0 Å². The van der Waals surface area contributed by atoms with E-state index in [1.165, 1.54) is 12.3 Å². The molecule has 0 atom stereocenters. The van der Waals surface area contributed by atoms with Crippen molar-refractivity contribution in [3.05, 3.63) is 83.3 Å². The molecule has 0 aliphatic heterocycles. The average molecular weight is 346 g/mol. The maximum absolute atomic E-state index is 14.6. The molecule has 0 spiro atoms. The molecule has 0 saturated carbocycles. The number of fused-ring (bicyclic) bond motifs is 1. The zero-order valence-electron chi connectivity index (χ0n) is 14.0. The van der Waals surface area contributed by atoms with Crippen molar-refractivity contribution in [3.63, 3.8) is 0 Å². The number of hydrogen-bond donors (Lipinski definition) is 1. The van der Waals surface area contributed by atoms with E-state index in [2.05, 4.69) is 9.97 Å². The molecule has 128 valence electrons. The molecule has 0 aliphatic rings. The minimum Gasteiger partial charge on any atom is -0.496 e. The van der Waals surface area contributed by atoms with Crippen LogP contribution in [-0.4, -0.2) is 17.1 Å². The van der Waals surface area contributed by atoms with Gasteiger partial charge in [0.1, 0.15) is 11.6 Å². The highest BCUT2D eigenvalue weighted by Crippen LogP contribution is 2.35. The third-order valence-electron chi connectivity index (χ3n) is 4.35. The summed E-state index contributed by atoms with van der Waals surface area (Å²) in [6.07, 6.45) is 4.96. The van der Waals surface area contributed by atoms with Gasteiger partial charge in [0.25, 0.3) is 5.56 Å². The molecule has 1 N–H and O–H groups in total. The van der Waals surface area contributed by atoms with Crippen molar-refractivity contribution in [2.45, 2.75) is 0 Å². The lowest BCUT2D eigenvalue weighted by Crippen LogP contribution is -2.06. The molecule has 2 aromatic heterocycles. The van der Waals surface area contributed by atoms with Gasteiger partial charge in [0.2, 0.25) is 0 Å². The number of hydrogen-bond acceptors (Lipinski definition) is 3. The summed E-state index contributed by atoms with van der Waals surface area (Å²) >= 11 is 0. The second kappa shape index (κ2) is 6.44. The summed E-state index contributed by atoms with van der Waals surface area (Å²) in [5, 5.41) is 0.598. The number of aromatic nitrogens is 2. The predicted octanol–water partition coefficient (Wildman–Crippen LogP) is 4.40. The van der Waals surface area contributed by atoms with Gasteiger partial charge in [-0.05, 0) is 64.5 Å². The molecule has 26 heavy (non-hydrogen) atoms. The van der Waals surface area contributed by atoms with Crippen LogP contribution in [0.1, 0.15) is 0 Å². The van der Waals surface area contributed by atoms with Crippen LogP contribution >= 0.6 is 0 Å². The van der Waals surface area contributed by atoms with Gasteiger partial charge in [-0.1, -0.05) is 6.07 Å². The summed E-state index contributed by atoms with van der Waals surface area (Å²) in [6, 6.07) is 14.4. The fourth-order valence-corrected chi connectivity index (χ4v) is 3.09. The Morgan fingerprint density at radius 3 is 2.54 bits per heavy atom. The minimum absolute atomic E-state index is 0.0560. The Bertz CT molecular complexity index is 1150. The van der Waals surface area contributed by atoms with Crippen LogP contribution in [0, 0.1) is 5.82 Å². The molecule has 4 aromatic rings. The predicted molar refractivity (Wildman–Crippen MR) is 99.7 cm³/mol. The van der Waals surface area contributed by atoms with E-state index in [4.69, 9.17) is 4.74 Å². The Morgan fingerprint density at radius 2 is 1.77 bits per heavy atom. The van der Waals surface area contributed by atoms with Gasteiger partial charge in [-0.25, -0.2) is 4.39 Å². The molecule has 2 aromatic carbocycles. The molecule has 4 rings (SSSR count). The summed E-state index contributed by atoms with van der Waals surface area (Å²) in [5.41, 5.74) is 2.93. The number of benzene rings is 2. The van der Waals surface area contributed by atoms with E-state index in [9.17, 15) is 9.18 Å². The van der Waals surface area contributed by atoms with Crippen LogP contribution in [0.25, 0.3) is 33.0 Å². The van der Waals surface area contributed by atoms with Crippen LogP contribution in [0.5, 0.6) is 5.75 Å². The largest absolute Gasteiger partial charge is 0.496 e. The van der Waals surface area contributed by atoms with E-state index in [0.29, 0.717) is 16.7 Å². The quantitative estimate of drug-likeness (QED) is 0.598. The first-order valence-corrected chi connectivity index (χ1v) is 8.07. The molecule has 0 amide bonds. The van der Waals surface area contributed by atoms with Crippen molar-refractivity contribution in [1.29, 1.82) is 0 Å². The van der Waals surface area contributed by atoms with Crippen LogP contribution in [0.2, 0.25) is 0 Å². The van der Waals surface area contributed by atoms with Crippen LogP contribution in [0.4, 0.5) is 4.39 Å². The molecule has 0 unspecified atom stereocenters. The van der Waals surface area contributed by atoms with Gasteiger partial charge in [0.05, 0.1) is 12.5 Å². The van der Waals surface area contributed by atoms with Crippen molar-refractivity contribution in [2.75, 3.05) is 7.11 Å². The molecular weight excluding hydrogens is 331 g/mol. The van der Waals surface area contributed by atoms with E-state index in [0.717, 1.165) is 16.7 Å². The maximum Gasteiger partial charge on any atom is 0.258 e. The fourth-order valence-electron chi connectivity index (χ4n) is 3.09. The van der Waals surface area contributed by atoms with Crippen LogP contribution in [0.3, 0.4) is 0 Å². The van der Waals surface area contributed by atoms with Gasteiger partial charge in [-0.2, -0.15) is 0 Å². The standard InChI is InChI=1S/C21H15FN2O2/c1-26-19-3-2-14(13-4-7-23-8-5-13)11-17(19)16-10-15-6-9-24-21(25)20(15)18(22)12-16/h2-12H,1H3,(H,24,25). The second-order valence-electron chi connectivity index (χ2n) is 5.88. The molecule has 0 aliphatic carbocycles. The minimum atomic E-state index is -0.560. The SMILES string of the molecule is COc1ccc(-c2ccncc2)cc1-c1cc(F)c2c(=O)[nH]ccc2c1. The van der Waals surface area contributed by atoms with Crippen molar-refractivity contribution >= 4 is 10.8 Å². The first-order chi connectivity index (χ1) is 12.7. The number of ether oxygens (including phenoxy) is 1. The highest BCUT2D eigenvalue weighted by Gasteiger charge is 2.13. The van der Waals surface area contributed by atoms with Crippen molar-refractivity contribution in [1.82, 2.24) is 9.97 Å². The van der Waals surface area contributed by atoms with Gasteiger partial charge in [-0.3, -0.25) is 9.78 Å². The second-order valence-corrected chi connectivity index (χ2v) is 5.88. The maximum atomic E-state index is 14.6. The fraction of sp³-hybridized carbons (Fsp3) is 0.0476. The number of methoxy groups -OCH3 is 1. The first kappa shape index (κ1) is 16.0. The van der Waals surface area contributed by atoms with Crippen LogP contribution < -0.4 is 10.3 Å². The third kappa shape index (κ3) is 2.73. The highest BCUT2D eigenvalue weighted by molar-refractivity contribution is 5.89. The number of halogens is 1. The van der Waals surface area contributed by atoms with E-state index < -0.39 is 11.4 Å². The normalized spacial score (nSPS) is 10.8. The van der Waals surface area contributed by atoms with Crippen molar-refractivity contribution in [2.24, 2.45) is 0 Å². The average Bonchev–Trinajstić information content (AvgIpc) is 2.68. The Hall–Kier alpha value is -3.47. The topological polar surface area (TPSA) is 55.0 Å². The lowest BCUT2D eigenvalue weighted by molar-refractivity contribution is 0.416. The molecule has 0 radical (unpaired) electrons. The number of nitrogens with zero attached hydrogens (tertiary/aromatic N) is 1. The summed E-state index contributed by atoms with van der Waals surface area (Å²) < 4.78 is 20.0. The third-order valence-corrected chi connectivity index (χ3v) is 4.35. The summed E-state index contributed by atoms with van der Waals surface area (Å²) in [7, 11) is 1.58. The zero-order valence-corrected chi connectivity index (χ0v) is 14.0. The Morgan fingerprint density at radius 1 is 0.962 bits per heavy atom. The van der Waals surface area contributed by atoms with Gasteiger partial charge in [0, 0.05) is 24.2 Å². The number of nitrogens with one attached hydrogen (secondary N) is 1. The number of pyridine rings is 2. The summed E-state index contributed by atoms with van der Waals surface area (Å²) in [4.78, 5) is 18.4. The smallest absolute Gasteiger partial charge is 0.258 e. The Balaban J connectivity index is 1.95. The number of rotatable bonds is 3. The molecule has 0 fully saturated rings.